The molecule has 2 aromatic carbocycles. The van der Waals surface area contributed by atoms with Gasteiger partial charge in [-0.3, -0.25) is 9.59 Å². The molecule has 10 heteroatoms. The Kier molecular flexibility index (Phi) is 6.07. The molecule has 4 aromatic rings. The van der Waals surface area contributed by atoms with E-state index in [4.69, 9.17) is 0 Å². The van der Waals surface area contributed by atoms with E-state index < -0.39 is 23.4 Å². The first-order chi connectivity index (χ1) is 15.9. The lowest BCUT2D eigenvalue weighted by molar-refractivity contribution is 0.0947. The van der Waals surface area contributed by atoms with Crippen molar-refractivity contribution in [2.24, 2.45) is 0 Å². The van der Waals surface area contributed by atoms with E-state index in [1.54, 1.807) is 41.5 Å². The molecule has 0 saturated carbocycles. The minimum Gasteiger partial charge on any atom is -0.507 e. The monoisotopic (exact) mass is 449 g/mol. The van der Waals surface area contributed by atoms with Crippen LogP contribution in [0.4, 0.5) is 14.5 Å². The van der Waals surface area contributed by atoms with E-state index in [1.807, 2.05) is 0 Å². The van der Waals surface area contributed by atoms with Crippen LogP contribution in [-0.2, 0) is 6.54 Å². The fourth-order valence-corrected chi connectivity index (χ4v) is 3.13. The largest absolute Gasteiger partial charge is 0.507 e. The van der Waals surface area contributed by atoms with Crippen molar-refractivity contribution in [3.05, 3.63) is 102 Å². The fraction of sp³-hybridized carbons (Fsp3) is 0.0435. The Labute approximate surface area is 186 Å². The van der Waals surface area contributed by atoms with Crippen LogP contribution in [0.5, 0.6) is 5.75 Å². The Morgan fingerprint density at radius 3 is 2.45 bits per heavy atom. The molecule has 2 aromatic heterocycles. The molecule has 0 fully saturated rings. The minimum absolute atomic E-state index is 0.0191. The standard InChI is InChI=1S/C23H17F2N5O3/c24-16-9-15(10-17(25)11-16)22(32)29-18-4-5-19(20(31)12-18)23(33)27-13-14-3-1-6-26-21(14)30-8-2-7-28-30/h1-12,31H,13H2,(H,27,33)(H,29,32). The number of phenols is 1. The zero-order valence-corrected chi connectivity index (χ0v) is 17.0. The number of amides is 2. The molecular weight excluding hydrogens is 432 g/mol. The molecule has 0 bridgehead atoms. The molecule has 33 heavy (non-hydrogen) atoms. The third-order valence-electron chi connectivity index (χ3n) is 4.65. The number of pyridine rings is 1. The van der Waals surface area contributed by atoms with Crippen LogP contribution in [0.25, 0.3) is 5.82 Å². The summed E-state index contributed by atoms with van der Waals surface area (Å²) in [6, 6.07) is 11.6. The molecule has 3 N–H and O–H groups in total. The molecule has 0 aliphatic carbocycles. The van der Waals surface area contributed by atoms with E-state index in [0.29, 0.717) is 17.4 Å². The summed E-state index contributed by atoms with van der Waals surface area (Å²) in [5.74, 6) is -2.92. The SMILES string of the molecule is O=C(Nc1ccc(C(=O)NCc2cccnc2-n2cccn2)c(O)c1)c1cc(F)cc(F)c1. The molecule has 0 saturated heterocycles. The van der Waals surface area contributed by atoms with E-state index in [1.165, 1.54) is 18.2 Å². The van der Waals surface area contributed by atoms with Crippen LogP contribution in [0.1, 0.15) is 26.3 Å². The molecular formula is C23H17F2N5O3. The van der Waals surface area contributed by atoms with Crippen LogP contribution >= 0.6 is 0 Å². The average Bonchev–Trinajstić information content (AvgIpc) is 3.32. The van der Waals surface area contributed by atoms with E-state index in [0.717, 1.165) is 12.1 Å². The maximum atomic E-state index is 13.3. The number of hydrogen-bond acceptors (Lipinski definition) is 5. The number of anilines is 1. The second-order valence-corrected chi connectivity index (χ2v) is 6.96. The quantitative estimate of drug-likeness (QED) is 0.418. The van der Waals surface area contributed by atoms with Crippen molar-refractivity contribution in [3.63, 3.8) is 0 Å². The maximum Gasteiger partial charge on any atom is 0.255 e. The highest BCUT2D eigenvalue weighted by Crippen LogP contribution is 2.23. The van der Waals surface area contributed by atoms with Crippen LogP contribution in [0.15, 0.2) is 73.2 Å². The first-order valence-corrected chi connectivity index (χ1v) is 9.73. The summed E-state index contributed by atoms with van der Waals surface area (Å²) in [7, 11) is 0. The summed E-state index contributed by atoms with van der Waals surface area (Å²) in [5, 5.41) is 19.5. The van der Waals surface area contributed by atoms with Crippen LogP contribution in [0.3, 0.4) is 0 Å². The number of carbonyl (C=O) groups excluding carboxylic acids is 2. The van der Waals surface area contributed by atoms with E-state index in [9.17, 15) is 23.5 Å². The number of rotatable bonds is 6. The van der Waals surface area contributed by atoms with Crippen LogP contribution in [0.2, 0.25) is 0 Å². The van der Waals surface area contributed by atoms with Gasteiger partial charge in [0.2, 0.25) is 0 Å². The van der Waals surface area contributed by atoms with Crippen molar-refractivity contribution >= 4 is 17.5 Å². The maximum absolute atomic E-state index is 13.3. The number of phenolic OH excluding ortho intramolecular Hbond substituents is 1. The lowest BCUT2D eigenvalue weighted by Gasteiger charge is -2.11. The van der Waals surface area contributed by atoms with Crippen molar-refractivity contribution in [3.8, 4) is 11.6 Å². The predicted octanol–water partition coefficient (Wildman–Crippen LogP) is 3.43. The Morgan fingerprint density at radius 1 is 0.970 bits per heavy atom. The summed E-state index contributed by atoms with van der Waals surface area (Å²) >= 11 is 0. The van der Waals surface area contributed by atoms with Crippen molar-refractivity contribution < 1.29 is 23.5 Å². The van der Waals surface area contributed by atoms with Gasteiger partial charge in [-0.05, 0) is 36.4 Å². The van der Waals surface area contributed by atoms with Crippen molar-refractivity contribution in [2.75, 3.05) is 5.32 Å². The second kappa shape index (κ2) is 9.27. The molecule has 2 heterocycles. The highest BCUT2D eigenvalue weighted by Gasteiger charge is 2.15. The van der Waals surface area contributed by atoms with Crippen molar-refractivity contribution in [1.82, 2.24) is 20.1 Å². The van der Waals surface area contributed by atoms with E-state index >= 15 is 0 Å². The summed E-state index contributed by atoms with van der Waals surface area (Å²) in [4.78, 5) is 29.1. The first-order valence-electron chi connectivity index (χ1n) is 9.73. The van der Waals surface area contributed by atoms with Gasteiger partial charge in [-0.2, -0.15) is 5.10 Å². The fourth-order valence-electron chi connectivity index (χ4n) is 3.13. The third-order valence-corrected chi connectivity index (χ3v) is 4.65. The molecule has 0 radical (unpaired) electrons. The Balaban J connectivity index is 1.44. The number of halogens is 2. The Bertz CT molecular complexity index is 1310. The lowest BCUT2D eigenvalue weighted by Crippen LogP contribution is -2.24. The van der Waals surface area contributed by atoms with Gasteiger partial charge in [0, 0.05) is 54.1 Å². The van der Waals surface area contributed by atoms with Gasteiger partial charge in [0.05, 0.1) is 5.56 Å². The molecule has 4 rings (SSSR count). The van der Waals surface area contributed by atoms with Crippen LogP contribution in [0, 0.1) is 11.6 Å². The van der Waals surface area contributed by atoms with Crippen molar-refractivity contribution in [2.45, 2.75) is 6.54 Å². The number of nitrogens with one attached hydrogen (secondary N) is 2. The predicted molar refractivity (Wildman–Crippen MR) is 115 cm³/mol. The number of carbonyl (C=O) groups is 2. The van der Waals surface area contributed by atoms with Crippen LogP contribution < -0.4 is 10.6 Å². The van der Waals surface area contributed by atoms with E-state index in [2.05, 4.69) is 20.7 Å². The molecule has 0 aliphatic rings. The topological polar surface area (TPSA) is 109 Å². The second-order valence-electron chi connectivity index (χ2n) is 6.96. The zero-order chi connectivity index (χ0) is 23.4. The van der Waals surface area contributed by atoms with Gasteiger partial charge in [0.25, 0.3) is 11.8 Å². The first kappa shape index (κ1) is 21.6. The molecule has 0 unspecified atom stereocenters. The van der Waals surface area contributed by atoms with Gasteiger partial charge in [0.15, 0.2) is 5.82 Å². The van der Waals surface area contributed by atoms with Gasteiger partial charge in [-0.1, -0.05) is 6.07 Å². The normalized spacial score (nSPS) is 10.6. The lowest BCUT2D eigenvalue weighted by atomic mass is 10.1. The smallest absolute Gasteiger partial charge is 0.255 e. The molecule has 166 valence electrons. The molecule has 2 amide bonds. The van der Waals surface area contributed by atoms with Gasteiger partial charge >= 0.3 is 0 Å². The third kappa shape index (κ3) is 5.01. The van der Waals surface area contributed by atoms with Crippen molar-refractivity contribution in [1.29, 1.82) is 0 Å². The molecule has 0 aliphatic heterocycles. The number of benzene rings is 2. The minimum atomic E-state index is -0.889. The number of aromatic hydroxyl groups is 1. The van der Waals surface area contributed by atoms with Gasteiger partial charge in [-0.25, -0.2) is 18.4 Å². The van der Waals surface area contributed by atoms with E-state index in [-0.39, 0.29) is 29.1 Å². The number of nitrogens with zero attached hydrogens (tertiary/aromatic N) is 3. The molecule has 0 spiro atoms. The summed E-state index contributed by atoms with van der Waals surface area (Å²) in [5.41, 5.74) is 0.611. The number of hydrogen-bond donors (Lipinski definition) is 3. The van der Waals surface area contributed by atoms with Crippen LogP contribution in [-0.4, -0.2) is 31.7 Å². The Hall–Kier alpha value is -4.60. The summed E-state index contributed by atoms with van der Waals surface area (Å²) < 4.78 is 28.2. The molecule has 0 atom stereocenters. The van der Waals surface area contributed by atoms with Gasteiger partial charge in [-0.15, -0.1) is 0 Å². The highest BCUT2D eigenvalue weighted by atomic mass is 19.1. The number of aromatic nitrogens is 3. The summed E-state index contributed by atoms with van der Waals surface area (Å²) in [6.45, 7) is 0.130. The highest BCUT2D eigenvalue weighted by molar-refractivity contribution is 6.05. The molecule has 8 nitrogen and oxygen atoms in total. The van der Waals surface area contributed by atoms with Gasteiger partial charge < -0.3 is 15.7 Å². The van der Waals surface area contributed by atoms with Gasteiger partial charge in [0.1, 0.15) is 17.4 Å². The Morgan fingerprint density at radius 2 is 1.76 bits per heavy atom. The summed E-state index contributed by atoms with van der Waals surface area (Å²) in [6.07, 6.45) is 4.95. The zero-order valence-electron chi connectivity index (χ0n) is 17.0. The average molecular weight is 449 g/mol.